The summed E-state index contributed by atoms with van der Waals surface area (Å²) in [5, 5.41) is 0. The van der Waals surface area contributed by atoms with E-state index in [0.29, 0.717) is 0 Å². The molecule has 0 amide bonds. The lowest BCUT2D eigenvalue weighted by atomic mass is 10.1. The quantitative estimate of drug-likeness (QED) is 0.642. The molecule has 2 aromatic carbocycles. The third-order valence-corrected chi connectivity index (χ3v) is 2.80. The summed E-state index contributed by atoms with van der Waals surface area (Å²) in [6.07, 6.45) is 0. The SMILES string of the molecule is [c]1ccccc1-c1cccc(-c2ccccc2)n1. The van der Waals surface area contributed by atoms with Crippen LogP contribution in [0, 0.1) is 6.07 Å². The van der Waals surface area contributed by atoms with Gasteiger partial charge in [0.1, 0.15) is 0 Å². The Morgan fingerprint density at radius 3 is 2.22 bits per heavy atom. The van der Waals surface area contributed by atoms with Gasteiger partial charge in [0.25, 0.3) is 0 Å². The highest BCUT2D eigenvalue weighted by molar-refractivity contribution is 5.65. The van der Waals surface area contributed by atoms with Crippen molar-refractivity contribution in [3.63, 3.8) is 0 Å². The van der Waals surface area contributed by atoms with Crippen LogP contribution in [0.3, 0.4) is 0 Å². The molecule has 1 nitrogen and oxygen atoms in total. The summed E-state index contributed by atoms with van der Waals surface area (Å²) in [6.45, 7) is 0. The maximum Gasteiger partial charge on any atom is 0.0715 e. The number of aromatic nitrogens is 1. The second-order valence-electron chi connectivity index (χ2n) is 4.05. The van der Waals surface area contributed by atoms with E-state index in [0.717, 1.165) is 22.5 Å². The predicted octanol–water partition coefficient (Wildman–Crippen LogP) is 4.22. The van der Waals surface area contributed by atoms with Gasteiger partial charge in [-0.2, -0.15) is 0 Å². The fourth-order valence-corrected chi connectivity index (χ4v) is 1.91. The van der Waals surface area contributed by atoms with E-state index in [-0.39, 0.29) is 0 Å². The van der Waals surface area contributed by atoms with Crippen molar-refractivity contribution in [3.05, 3.63) is 78.9 Å². The van der Waals surface area contributed by atoms with Crippen LogP contribution in [0.4, 0.5) is 0 Å². The zero-order chi connectivity index (χ0) is 12.2. The van der Waals surface area contributed by atoms with Crippen LogP contribution in [0.1, 0.15) is 0 Å². The maximum absolute atomic E-state index is 4.68. The van der Waals surface area contributed by atoms with Gasteiger partial charge in [-0.25, -0.2) is 4.98 Å². The summed E-state index contributed by atoms with van der Waals surface area (Å²) in [4.78, 5) is 4.68. The highest BCUT2D eigenvalue weighted by atomic mass is 14.7. The number of nitrogens with zero attached hydrogens (tertiary/aromatic N) is 1. The molecular weight excluding hydrogens is 218 g/mol. The molecule has 85 valence electrons. The molecule has 0 aliphatic heterocycles. The van der Waals surface area contributed by atoms with E-state index in [1.165, 1.54) is 0 Å². The highest BCUT2D eigenvalue weighted by Gasteiger charge is 2.02. The summed E-state index contributed by atoms with van der Waals surface area (Å²) in [7, 11) is 0. The fourth-order valence-electron chi connectivity index (χ4n) is 1.91. The molecule has 1 radical (unpaired) electrons. The van der Waals surface area contributed by atoms with Gasteiger partial charge < -0.3 is 0 Å². The van der Waals surface area contributed by atoms with Crippen molar-refractivity contribution in [2.45, 2.75) is 0 Å². The molecule has 3 rings (SSSR count). The molecule has 1 aromatic heterocycles. The number of rotatable bonds is 2. The van der Waals surface area contributed by atoms with Gasteiger partial charge in [0.15, 0.2) is 0 Å². The molecule has 0 spiro atoms. The molecule has 0 aliphatic carbocycles. The van der Waals surface area contributed by atoms with Crippen molar-refractivity contribution in [1.29, 1.82) is 0 Å². The molecule has 0 N–H and O–H groups in total. The lowest BCUT2D eigenvalue weighted by molar-refractivity contribution is 1.32. The summed E-state index contributed by atoms with van der Waals surface area (Å²) in [5.74, 6) is 0. The molecule has 1 heterocycles. The first kappa shape index (κ1) is 10.7. The van der Waals surface area contributed by atoms with Gasteiger partial charge in [0.05, 0.1) is 11.4 Å². The van der Waals surface area contributed by atoms with Crippen LogP contribution < -0.4 is 0 Å². The van der Waals surface area contributed by atoms with E-state index in [1.54, 1.807) is 0 Å². The first-order chi connectivity index (χ1) is 8.93. The zero-order valence-corrected chi connectivity index (χ0v) is 9.88. The van der Waals surface area contributed by atoms with Crippen molar-refractivity contribution in [2.24, 2.45) is 0 Å². The fraction of sp³-hybridized carbons (Fsp3) is 0. The summed E-state index contributed by atoms with van der Waals surface area (Å²) >= 11 is 0. The van der Waals surface area contributed by atoms with Crippen LogP contribution >= 0.6 is 0 Å². The van der Waals surface area contributed by atoms with E-state index in [9.17, 15) is 0 Å². The molecule has 0 aliphatic rings. The van der Waals surface area contributed by atoms with Crippen molar-refractivity contribution in [3.8, 4) is 22.5 Å². The lowest BCUT2D eigenvalue weighted by Gasteiger charge is -2.04. The van der Waals surface area contributed by atoms with Crippen molar-refractivity contribution in [2.75, 3.05) is 0 Å². The Balaban J connectivity index is 2.05. The number of pyridine rings is 1. The molecule has 0 atom stereocenters. The maximum atomic E-state index is 4.68. The zero-order valence-electron chi connectivity index (χ0n) is 9.88. The van der Waals surface area contributed by atoms with E-state index >= 15 is 0 Å². The van der Waals surface area contributed by atoms with Crippen molar-refractivity contribution < 1.29 is 0 Å². The smallest absolute Gasteiger partial charge is 0.0715 e. The predicted molar refractivity (Wildman–Crippen MR) is 73.9 cm³/mol. The average molecular weight is 230 g/mol. The Kier molecular flexibility index (Phi) is 2.89. The summed E-state index contributed by atoms with van der Waals surface area (Å²) in [6, 6.07) is 27.4. The second kappa shape index (κ2) is 4.84. The Hall–Kier alpha value is -2.41. The minimum atomic E-state index is 0.956. The Morgan fingerprint density at radius 1 is 0.667 bits per heavy atom. The number of hydrogen-bond donors (Lipinski definition) is 0. The summed E-state index contributed by atoms with van der Waals surface area (Å²) < 4.78 is 0. The van der Waals surface area contributed by atoms with Gasteiger partial charge in [-0.1, -0.05) is 60.7 Å². The highest BCUT2D eigenvalue weighted by Crippen LogP contribution is 2.21. The van der Waals surface area contributed by atoms with Gasteiger partial charge in [0, 0.05) is 11.1 Å². The van der Waals surface area contributed by atoms with Gasteiger partial charge in [-0.05, 0) is 18.2 Å². The third kappa shape index (κ3) is 2.16. The lowest BCUT2D eigenvalue weighted by Crippen LogP contribution is -1.87. The molecule has 0 unspecified atom stereocenters. The second-order valence-corrected chi connectivity index (χ2v) is 4.05. The molecular formula is C17H12N. The van der Waals surface area contributed by atoms with Crippen LogP contribution in [0.5, 0.6) is 0 Å². The van der Waals surface area contributed by atoms with Gasteiger partial charge in [-0.15, -0.1) is 0 Å². The van der Waals surface area contributed by atoms with Crippen LogP contribution in [-0.2, 0) is 0 Å². The van der Waals surface area contributed by atoms with E-state index in [1.807, 2.05) is 60.7 Å². The summed E-state index contributed by atoms with van der Waals surface area (Å²) in [5.41, 5.74) is 4.10. The molecule has 1 heteroatoms. The van der Waals surface area contributed by atoms with Gasteiger partial charge >= 0.3 is 0 Å². The van der Waals surface area contributed by atoms with Crippen molar-refractivity contribution >= 4 is 0 Å². The number of hydrogen-bond acceptors (Lipinski definition) is 1. The average Bonchev–Trinajstić information content (AvgIpc) is 2.49. The van der Waals surface area contributed by atoms with Crippen LogP contribution in [0.15, 0.2) is 72.8 Å². The van der Waals surface area contributed by atoms with Gasteiger partial charge in [-0.3, -0.25) is 0 Å². The number of benzene rings is 2. The molecule has 0 bridgehead atoms. The standard InChI is InChI=1S/C17H12N/c1-3-8-14(9-4-1)16-12-7-13-17(18-16)15-10-5-2-6-11-15/h1-10,12-13H. The van der Waals surface area contributed by atoms with Crippen LogP contribution in [0.25, 0.3) is 22.5 Å². The molecule has 3 aromatic rings. The van der Waals surface area contributed by atoms with E-state index < -0.39 is 0 Å². The largest absolute Gasteiger partial charge is 0.248 e. The molecule has 0 fully saturated rings. The minimum absolute atomic E-state index is 0.956. The Morgan fingerprint density at radius 2 is 1.44 bits per heavy atom. The first-order valence-electron chi connectivity index (χ1n) is 5.93. The van der Waals surface area contributed by atoms with Crippen molar-refractivity contribution in [1.82, 2.24) is 4.98 Å². The molecule has 0 saturated carbocycles. The first-order valence-corrected chi connectivity index (χ1v) is 5.93. The Labute approximate surface area is 107 Å². The normalized spacial score (nSPS) is 10.2. The van der Waals surface area contributed by atoms with Gasteiger partial charge in [0.2, 0.25) is 0 Å². The van der Waals surface area contributed by atoms with Crippen LogP contribution in [0.2, 0.25) is 0 Å². The topological polar surface area (TPSA) is 12.9 Å². The van der Waals surface area contributed by atoms with E-state index in [2.05, 4.69) is 23.2 Å². The Bertz CT molecular complexity index is 575. The molecule has 0 saturated heterocycles. The van der Waals surface area contributed by atoms with Crippen LogP contribution in [-0.4, -0.2) is 4.98 Å². The monoisotopic (exact) mass is 230 g/mol. The van der Waals surface area contributed by atoms with E-state index in [4.69, 9.17) is 0 Å². The minimum Gasteiger partial charge on any atom is -0.248 e. The molecule has 18 heavy (non-hydrogen) atoms. The third-order valence-electron chi connectivity index (χ3n) is 2.80.